The van der Waals surface area contributed by atoms with Crippen LogP contribution in [0, 0.1) is 6.92 Å². The molecule has 0 amide bonds. The molecule has 0 spiro atoms. The van der Waals surface area contributed by atoms with Crippen LogP contribution in [0.3, 0.4) is 0 Å². The van der Waals surface area contributed by atoms with E-state index < -0.39 is 9.84 Å². The van der Waals surface area contributed by atoms with E-state index >= 15 is 0 Å². The molecule has 2 aromatic heterocycles. The lowest BCUT2D eigenvalue weighted by molar-refractivity contribution is 0.597. The maximum Gasteiger partial charge on any atom is 0.152 e. The van der Waals surface area contributed by atoms with Crippen LogP contribution >= 0.6 is 0 Å². The first-order chi connectivity index (χ1) is 8.52. The van der Waals surface area contributed by atoms with Crippen LogP contribution in [0.25, 0.3) is 5.52 Å². The van der Waals surface area contributed by atoms with E-state index in [2.05, 4.69) is 15.4 Å². The number of nitrogens with one attached hydrogen (secondary N) is 1. The van der Waals surface area contributed by atoms with E-state index in [1.54, 1.807) is 23.8 Å². The number of anilines is 1. The van der Waals surface area contributed by atoms with Gasteiger partial charge in [-0.3, -0.25) is 0 Å². The van der Waals surface area contributed by atoms with Gasteiger partial charge in [-0.25, -0.2) is 17.9 Å². The largest absolute Gasteiger partial charge is 0.367 e. The summed E-state index contributed by atoms with van der Waals surface area (Å²) >= 11 is 0. The van der Waals surface area contributed by atoms with Crippen LogP contribution in [0.15, 0.2) is 18.5 Å². The minimum Gasteiger partial charge on any atom is -0.367 e. The third-order valence-electron chi connectivity index (χ3n) is 2.66. The summed E-state index contributed by atoms with van der Waals surface area (Å²) in [7, 11) is -2.95. The summed E-state index contributed by atoms with van der Waals surface area (Å²) in [5.41, 5.74) is 1.75. The average Bonchev–Trinajstić information content (AvgIpc) is 2.70. The van der Waals surface area contributed by atoms with Crippen molar-refractivity contribution < 1.29 is 8.42 Å². The monoisotopic (exact) mass is 268 g/mol. The van der Waals surface area contributed by atoms with Crippen molar-refractivity contribution in [2.75, 3.05) is 23.4 Å². The van der Waals surface area contributed by atoms with Gasteiger partial charge in [0.25, 0.3) is 0 Å². The Morgan fingerprint density at radius 3 is 2.94 bits per heavy atom. The van der Waals surface area contributed by atoms with Gasteiger partial charge in [0.1, 0.15) is 5.52 Å². The van der Waals surface area contributed by atoms with Crippen molar-refractivity contribution in [1.29, 1.82) is 0 Å². The highest BCUT2D eigenvalue weighted by Crippen LogP contribution is 2.14. The van der Waals surface area contributed by atoms with Crippen molar-refractivity contribution in [2.45, 2.75) is 13.8 Å². The molecule has 18 heavy (non-hydrogen) atoms. The Hall–Kier alpha value is -1.63. The zero-order valence-corrected chi connectivity index (χ0v) is 11.2. The van der Waals surface area contributed by atoms with E-state index in [0.29, 0.717) is 12.4 Å². The summed E-state index contributed by atoms with van der Waals surface area (Å²) < 4.78 is 24.5. The van der Waals surface area contributed by atoms with E-state index in [9.17, 15) is 8.42 Å². The van der Waals surface area contributed by atoms with Crippen LogP contribution in [-0.2, 0) is 9.84 Å². The number of sulfone groups is 1. The van der Waals surface area contributed by atoms with Crippen molar-refractivity contribution in [3.63, 3.8) is 0 Å². The second-order valence-corrected chi connectivity index (χ2v) is 6.53. The molecule has 6 nitrogen and oxygen atoms in total. The van der Waals surface area contributed by atoms with Gasteiger partial charge < -0.3 is 5.32 Å². The SMILES string of the molecule is CCS(=O)(=O)CCNc1nccn2nc(C)cc12. The highest BCUT2D eigenvalue weighted by atomic mass is 32.2. The molecule has 0 unspecified atom stereocenters. The van der Waals surface area contributed by atoms with E-state index in [0.717, 1.165) is 11.2 Å². The molecule has 0 saturated carbocycles. The van der Waals surface area contributed by atoms with E-state index in [1.807, 2.05) is 13.0 Å². The number of hydrogen-bond acceptors (Lipinski definition) is 5. The van der Waals surface area contributed by atoms with E-state index in [1.165, 1.54) is 0 Å². The molecule has 2 heterocycles. The lowest BCUT2D eigenvalue weighted by Gasteiger charge is -2.06. The molecule has 0 aliphatic rings. The second kappa shape index (κ2) is 4.93. The molecule has 0 aliphatic heterocycles. The molecule has 0 fully saturated rings. The van der Waals surface area contributed by atoms with E-state index in [4.69, 9.17) is 0 Å². The number of aryl methyl sites for hydroxylation is 1. The molecule has 2 aromatic rings. The predicted octanol–water partition coefficient (Wildman–Crippen LogP) is 0.884. The van der Waals surface area contributed by atoms with Gasteiger partial charge in [-0.1, -0.05) is 6.92 Å². The van der Waals surface area contributed by atoms with Gasteiger partial charge in [-0.15, -0.1) is 0 Å². The highest BCUT2D eigenvalue weighted by molar-refractivity contribution is 7.91. The molecule has 0 atom stereocenters. The lowest BCUT2D eigenvalue weighted by atomic mass is 10.4. The molecule has 0 bridgehead atoms. The van der Waals surface area contributed by atoms with Crippen molar-refractivity contribution in [3.05, 3.63) is 24.2 Å². The first kappa shape index (κ1) is 12.8. The highest BCUT2D eigenvalue weighted by Gasteiger charge is 2.08. The van der Waals surface area contributed by atoms with Crippen LogP contribution in [0.1, 0.15) is 12.6 Å². The fourth-order valence-electron chi connectivity index (χ4n) is 1.65. The molecule has 0 aliphatic carbocycles. The van der Waals surface area contributed by atoms with Crippen molar-refractivity contribution in [1.82, 2.24) is 14.6 Å². The number of rotatable bonds is 5. The van der Waals surface area contributed by atoms with Gasteiger partial charge in [0.2, 0.25) is 0 Å². The minimum absolute atomic E-state index is 0.110. The molecule has 0 saturated heterocycles. The Kier molecular flexibility index (Phi) is 3.51. The lowest BCUT2D eigenvalue weighted by Crippen LogP contribution is -2.17. The third-order valence-corrected chi connectivity index (χ3v) is 4.36. The molecular formula is C11H16N4O2S. The van der Waals surface area contributed by atoms with E-state index in [-0.39, 0.29) is 11.5 Å². The minimum atomic E-state index is -2.95. The first-order valence-corrected chi connectivity index (χ1v) is 7.59. The van der Waals surface area contributed by atoms with Crippen LogP contribution in [0.4, 0.5) is 5.82 Å². The van der Waals surface area contributed by atoms with Crippen molar-refractivity contribution >= 4 is 21.2 Å². The topological polar surface area (TPSA) is 76.4 Å². The van der Waals surface area contributed by atoms with Gasteiger partial charge in [0, 0.05) is 24.7 Å². The average molecular weight is 268 g/mol. The van der Waals surface area contributed by atoms with Gasteiger partial charge in [-0.05, 0) is 13.0 Å². The molecule has 1 N–H and O–H groups in total. The quantitative estimate of drug-likeness (QED) is 0.871. The fourth-order valence-corrected chi connectivity index (χ4v) is 2.35. The molecule has 98 valence electrons. The first-order valence-electron chi connectivity index (χ1n) is 5.77. The summed E-state index contributed by atoms with van der Waals surface area (Å²) in [5.74, 6) is 0.932. The molecule has 2 rings (SSSR count). The van der Waals surface area contributed by atoms with Crippen LogP contribution in [0.2, 0.25) is 0 Å². The summed E-state index contributed by atoms with van der Waals surface area (Å²) in [6, 6.07) is 1.91. The Labute approximate surface area is 106 Å². The number of nitrogens with zero attached hydrogens (tertiary/aromatic N) is 3. The summed E-state index contributed by atoms with van der Waals surface area (Å²) in [6.07, 6.45) is 3.40. The van der Waals surface area contributed by atoms with Crippen molar-refractivity contribution in [2.24, 2.45) is 0 Å². The molecule has 0 aromatic carbocycles. The number of aromatic nitrogens is 3. The molecule has 7 heteroatoms. The Balaban J connectivity index is 2.13. The maximum atomic E-state index is 11.4. The second-order valence-electron chi connectivity index (χ2n) is 4.05. The van der Waals surface area contributed by atoms with Gasteiger partial charge in [-0.2, -0.15) is 5.10 Å². The van der Waals surface area contributed by atoms with Crippen LogP contribution < -0.4 is 5.32 Å². The van der Waals surface area contributed by atoms with Crippen molar-refractivity contribution in [3.8, 4) is 0 Å². The smallest absolute Gasteiger partial charge is 0.152 e. The van der Waals surface area contributed by atoms with Crippen LogP contribution in [-0.4, -0.2) is 41.1 Å². The maximum absolute atomic E-state index is 11.4. The summed E-state index contributed by atoms with van der Waals surface area (Å²) in [5, 5.41) is 7.31. The third kappa shape index (κ3) is 2.79. The zero-order valence-electron chi connectivity index (χ0n) is 10.4. The summed E-state index contributed by atoms with van der Waals surface area (Å²) in [4.78, 5) is 4.20. The van der Waals surface area contributed by atoms with Gasteiger partial charge in [0.15, 0.2) is 15.7 Å². The standard InChI is InChI=1S/C11H16N4O2S/c1-3-18(16,17)7-5-13-11-10-8-9(2)14-15(10)6-4-12-11/h4,6,8H,3,5,7H2,1-2H3,(H,12,13). The fraction of sp³-hybridized carbons (Fsp3) is 0.455. The van der Waals surface area contributed by atoms with Gasteiger partial charge in [0.05, 0.1) is 11.4 Å². The van der Waals surface area contributed by atoms with Gasteiger partial charge >= 0.3 is 0 Å². The normalized spacial score (nSPS) is 11.9. The number of fused-ring (bicyclic) bond motifs is 1. The Morgan fingerprint density at radius 1 is 1.44 bits per heavy atom. The molecule has 0 radical (unpaired) electrons. The Morgan fingerprint density at radius 2 is 2.22 bits per heavy atom. The zero-order chi connectivity index (χ0) is 13.2. The Bertz CT molecular complexity index is 648. The number of hydrogen-bond donors (Lipinski definition) is 1. The predicted molar refractivity (Wildman–Crippen MR) is 70.5 cm³/mol. The summed E-state index contributed by atoms with van der Waals surface area (Å²) in [6.45, 7) is 3.90. The molecular weight excluding hydrogens is 252 g/mol. The van der Waals surface area contributed by atoms with Crippen LogP contribution in [0.5, 0.6) is 0 Å².